The summed E-state index contributed by atoms with van der Waals surface area (Å²) in [6, 6.07) is 10.3. The van der Waals surface area contributed by atoms with Crippen molar-refractivity contribution in [2.24, 2.45) is 4.99 Å². The van der Waals surface area contributed by atoms with Crippen LogP contribution in [0.3, 0.4) is 0 Å². The summed E-state index contributed by atoms with van der Waals surface area (Å²) in [6.45, 7) is 2.27. The summed E-state index contributed by atoms with van der Waals surface area (Å²) in [7, 11) is 0. The number of nitrogens with one attached hydrogen (secondary N) is 2. The predicted octanol–water partition coefficient (Wildman–Crippen LogP) is 3.67. The van der Waals surface area contributed by atoms with E-state index in [0.717, 1.165) is 6.42 Å². The van der Waals surface area contributed by atoms with Gasteiger partial charge in [0.2, 0.25) is 0 Å². The quantitative estimate of drug-likeness (QED) is 0.428. The number of nitrogens with zero attached hydrogens (tertiary/aromatic N) is 1. The second-order valence-electron chi connectivity index (χ2n) is 5.13. The molecule has 0 aromatic heterocycles. The van der Waals surface area contributed by atoms with Gasteiger partial charge in [-0.1, -0.05) is 30.3 Å². The van der Waals surface area contributed by atoms with E-state index in [-0.39, 0.29) is 36.6 Å². The largest absolute Gasteiger partial charge is 0.390 e. The molecule has 1 aromatic rings. The molecule has 0 saturated heterocycles. The Morgan fingerprint density at radius 1 is 1.27 bits per heavy atom. The molecular formula is C15H21F3IN3. The molecule has 0 aliphatic heterocycles. The number of hydrogen-bond acceptors (Lipinski definition) is 1. The Morgan fingerprint density at radius 3 is 2.55 bits per heavy atom. The van der Waals surface area contributed by atoms with Gasteiger partial charge in [-0.15, -0.1) is 24.0 Å². The molecule has 2 atom stereocenters. The average Bonchev–Trinajstić information content (AvgIpc) is 3.18. The number of benzene rings is 1. The summed E-state index contributed by atoms with van der Waals surface area (Å²) < 4.78 is 36.4. The topological polar surface area (TPSA) is 36.4 Å². The first kappa shape index (κ1) is 19.1. The Morgan fingerprint density at radius 2 is 1.95 bits per heavy atom. The lowest BCUT2D eigenvalue weighted by Crippen LogP contribution is -2.39. The molecule has 1 aliphatic rings. The maximum Gasteiger partial charge on any atom is 0.390 e. The van der Waals surface area contributed by atoms with Crippen LogP contribution in [0.15, 0.2) is 35.3 Å². The molecule has 22 heavy (non-hydrogen) atoms. The average molecular weight is 427 g/mol. The van der Waals surface area contributed by atoms with Crippen LogP contribution in [0.5, 0.6) is 0 Å². The van der Waals surface area contributed by atoms with Crippen molar-refractivity contribution in [1.29, 1.82) is 0 Å². The Labute approximate surface area is 145 Å². The van der Waals surface area contributed by atoms with E-state index in [2.05, 4.69) is 27.8 Å². The monoisotopic (exact) mass is 427 g/mol. The molecule has 1 aromatic carbocycles. The van der Waals surface area contributed by atoms with E-state index in [1.807, 2.05) is 25.1 Å². The molecule has 0 heterocycles. The fourth-order valence-electron chi connectivity index (χ4n) is 2.21. The zero-order chi connectivity index (χ0) is 15.3. The molecular weight excluding hydrogens is 406 g/mol. The Bertz CT molecular complexity index is 477. The lowest BCUT2D eigenvalue weighted by Gasteiger charge is -2.11. The van der Waals surface area contributed by atoms with Gasteiger partial charge in [-0.3, -0.25) is 4.99 Å². The maximum absolute atomic E-state index is 12.1. The van der Waals surface area contributed by atoms with Gasteiger partial charge in [0, 0.05) is 18.5 Å². The number of halogens is 4. The summed E-state index contributed by atoms with van der Waals surface area (Å²) in [5, 5.41) is 6.18. The Hall–Kier alpha value is -0.990. The van der Waals surface area contributed by atoms with Crippen molar-refractivity contribution in [3.8, 4) is 0 Å². The summed E-state index contributed by atoms with van der Waals surface area (Å²) in [6.07, 6.45) is -4.07. The standard InChI is InChI=1S/C15H20F3N3.HI/c1-2-19-14(20-9-8-15(16,17)18)21-13-10-12(13)11-6-4-3-5-7-11;/h3-7,12-13H,2,8-10H2,1H3,(H2,19,20,21);1H. The van der Waals surface area contributed by atoms with Crippen LogP contribution >= 0.6 is 24.0 Å². The zero-order valence-corrected chi connectivity index (χ0v) is 14.7. The molecule has 1 fully saturated rings. The second-order valence-corrected chi connectivity index (χ2v) is 5.13. The molecule has 1 aliphatic carbocycles. The predicted molar refractivity (Wildman–Crippen MR) is 92.8 cm³/mol. The SMILES string of the molecule is CCNC(=NCCC(F)(F)F)NC1CC1c1ccccc1.I. The Balaban J connectivity index is 0.00000242. The second kappa shape index (κ2) is 8.59. The number of guanidine groups is 1. The molecule has 0 spiro atoms. The van der Waals surface area contributed by atoms with Crippen molar-refractivity contribution in [2.45, 2.75) is 37.9 Å². The Kier molecular flexibility index (Phi) is 7.44. The van der Waals surface area contributed by atoms with E-state index in [1.54, 1.807) is 0 Å². The van der Waals surface area contributed by atoms with Gasteiger partial charge < -0.3 is 10.6 Å². The summed E-state index contributed by atoms with van der Waals surface area (Å²) in [5.41, 5.74) is 1.25. The summed E-state index contributed by atoms with van der Waals surface area (Å²) >= 11 is 0. The van der Waals surface area contributed by atoms with Crippen LogP contribution in [0.1, 0.15) is 31.2 Å². The van der Waals surface area contributed by atoms with Crippen LogP contribution in [0.4, 0.5) is 13.2 Å². The normalized spacial score (nSPS) is 21.0. The third-order valence-electron chi connectivity index (χ3n) is 3.35. The van der Waals surface area contributed by atoms with E-state index in [1.165, 1.54) is 5.56 Å². The summed E-state index contributed by atoms with van der Waals surface area (Å²) in [4.78, 5) is 3.98. The molecule has 2 unspecified atom stereocenters. The smallest absolute Gasteiger partial charge is 0.357 e. The molecule has 1 saturated carbocycles. The fraction of sp³-hybridized carbons (Fsp3) is 0.533. The van der Waals surface area contributed by atoms with Gasteiger partial charge in [-0.2, -0.15) is 13.2 Å². The van der Waals surface area contributed by atoms with Crippen LogP contribution < -0.4 is 10.6 Å². The highest BCUT2D eigenvalue weighted by Gasteiger charge is 2.38. The molecule has 3 nitrogen and oxygen atoms in total. The van der Waals surface area contributed by atoms with Gasteiger partial charge in [-0.25, -0.2) is 0 Å². The van der Waals surface area contributed by atoms with Crippen molar-refractivity contribution in [3.63, 3.8) is 0 Å². The highest BCUT2D eigenvalue weighted by molar-refractivity contribution is 14.0. The number of alkyl halides is 3. The van der Waals surface area contributed by atoms with Crippen molar-refractivity contribution in [1.82, 2.24) is 10.6 Å². The first-order valence-electron chi connectivity index (χ1n) is 7.16. The first-order chi connectivity index (χ1) is 9.99. The van der Waals surface area contributed by atoms with Gasteiger partial charge >= 0.3 is 6.18 Å². The van der Waals surface area contributed by atoms with Crippen LogP contribution in [-0.2, 0) is 0 Å². The van der Waals surface area contributed by atoms with Gasteiger partial charge in [0.25, 0.3) is 0 Å². The van der Waals surface area contributed by atoms with Crippen molar-refractivity contribution < 1.29 is 13.2 Å². The highest BCUT2D eigenvalue weighted by atomic mass is 127. The van der Waals surface area contributed by atoms with Crippen LogP contribution in [0.25, 0.3) is 0 Å². The maximum atomic E-state index is 12.1. The molecule has 0 amide bonds. The lowest BCUT2D eigenvalue weighted by atomic mass is 10.1. The minimum Gasteiger partial charge on any atom is -0.357 e. The van der Waals surface area contributed by atoms with E-state index in [0.29, 0.717) is 18.4 Å². The van der Waals surface area contributed by atoms with Gasteiger partial charge in [0.15, 0.2) is 5.96 Å². The fourth-order valence-corrected chi connectivity index (χ4v) is 2.21. The molecule has 7 heteroatoms. The first-order valence-corrected chi connectivity index (χ1v) is 7.16. The van der Waals surface area contributed by atoms with Crippen LogP contribution in [0, 0.1) is 0 Å². The third kappa shape index (κ3) is 6.41. The number of hydrogen-bond donors (Lipinski definition) is 2. The van der Waals surface area contributed by atoms with Crippen molar-refractivity contribution in [2.75, 3.05) is 13.1 Å². The molecule has 124 valence electrons. The minimum atomic E-state index is -4.16. The summed E-state index contributed by atoms with van der Waals surface area (Å²) in [5.74, 6) is 0.878. The number of aliphatic imine (C=N–C) groups is 1. The zero-order valence-electron chi connectivity index (χ0n) is 12.4. The molecule has 0 bridgehead atoms. The van der Waals surface area contributed by atoms with E-state index < -0.39 is 12.6 Å². The lowest BCUT2D eigenvalue weighted by molar-refractivity contribution is -0.132. The third-order valence-corrected chi connectivity index (χ3v) is 3.35. The van der Waals surface area contributed by atoms with E-state index in [4.69, 9.17) is 0 Å². The number of rotatable bonds is 5. The van der Waals surface area contributed by atoms with E-state index in [9.17, 15) is 13.2 Å². The van der Waals surface area contributed by atoms with Crippen molar-refractivity contribution in [3.05, 3.63) is 35.9 Å². The van der Waals surface area contributed by atoms with Crippen LogP contribution in [-0.4, -0.2) is 31.3 Å². The molecule has 2 rings (SSSR count). The van der Waals surface area contributed by atoms with Gasteiger partial charge in [-0.05, 0) is 18.9 Å². The molecule has 0 radical (unpaired) electrons. The highest BCUT2D eigenvalue weighted by Crippen LogP contribution is 2.40. The molecule has 2 N–H and O–H groups in total. The van der Waals surface area contributed by atoms with Gasteiger partial charge in [0.05, 0.1) is 13.0 Å². The minimum absolute atomic E-state index is 0. The van der Waals surface area contributed by atoms with Gasteiger partial charge in [0.1, 0.15) is 0 Å². The van der Waals surface area contributed by atoms with Crippen molar-refractivity contribution >= 4 is 29.9 Å². The van der Waals surface area contributed by atoms with E-state index >= 15 is 0 Å². The van der Waals surface area contributed by atoms with Crippen LogP contribution in [0.2, 0.25) is 0 Å².